The number of pyridine rings is 1. The fourth-order valence-electron chi connectivity index (χ4n) is 3.85. The van der Waals surface area contributed by atoms with Crippen LogP contribution in [0.1, 0.15) is 41.1 Å². The number of amides is 1. The molecule has 0 spiro atoms. The monoisotopic (exact) mass is 357 g/mol. The van der Waals surface area contributed by atoms with Crippen molar-refractivity contribution in [1.29, 1.82) is 0 Å². The lowest BCUT2D eigenvalue weighted by atomic mass is 9.88. The van der Waals surface area contributed by atoms with E-state index in [0.717, 1.165) is 25.7 Å². The molecule has 1 amide bonds. The minimum atomic E-state index is 0.0671. The van der Waals surface area contributed by atoms with E-state index in [1.807, 2.05) is 23.0 Å². The van der Waals surface area contributed by atoms with Gasteiger partial charge in [0, 0.05) is 12.1 Å². The van der Waals surface area contributed by atoms with Crippen LogP contribution < -0.4 is 9.88 Å². The first-order valence-corrected chi connectivity index (χ1v) is 9.67. The van der Waals surface area contributed by atoms with Gasteiger partial charge in [-0.05, 0) is 47.9 Å². The molecule has 1 aliphatic carbocycles. The van der Waals surface area contributed by atoms with Gasteiger partial charge in [-0.2, -0.15) is 4.57 Å². The van der Waals surface area contributed by atoms with Crippen LogP contribution in [-0.4, -0.2) is 5.91 Å². The van der Waals surface area contributed by atoms with E-state index in [4.69, 9.17) is 0 Å². The third-order valence-electron chi connectivity index (χ3n) is 5.24. The van der Waals surface area contributed by atoms with Gasteiger partial charge in [0.1, 0.15) is 0 Å². The minimum Gasteiger partial charge on any atom is -0.344 e. The van der Waals surface area contributed by atoms with Gasteiger partial charge in [0.2, 0.25) is 6.54 Å². The third-order valence-corrected chi connectivity index (χ3v) is 5.24. The Morgan fingerprint density at radius 2 is 1.63 bits per heavy atom. The summed E-state index contributed by atoms with van der Waals surface area (Å²) in [4.78, 5) is 12.5. The van der Waals surface area contributed by atoms with Gasteiger partial charge in [-0.15, -0.1) is 0 Å². The lowest BCUT2D eigenvalue weighted by molar-refractivity contribution is -0.684. The molecule has 0 unspecified atom stereocenters. The Bertz CT molecular complexity index is 903. The highest BCUT2D eigenvalue weighted by atomic mass is 16.2. The van der Waals surface area contributed by atoms with Crippen molar-refractivity contribution in [1.82, 2.24) is 5.32 Å². The second-order valence-electron chi connectivity index (χ2n) is 7.25. The van der Waals surface area contributed by atoms with Gasteiger partial charge >= 0.3 is 0 Å². The highest BCUT2D eigenvalue weighted by molar-refractivity contribution is 5.75. The third kappa shape index (κ3) is 4.43. The maximum absolute atomic E-state index is 12.5. The summed E-state index contributed by atoms with van der Waals surface area (Å²) >= 11 is 0. The Morgan fingerprint density at radius 1 is 0.926 bits per heavy atom. The fourth-order valence-corrected chi connectivity index (χ4v) is 3.85. The molecule has 136 valence electrons. The van der Waals surface area contributed by atoms with Crippen LogP contribution in [-0.2, 0) is 24.2 Å². The molecule has 1 aromatic heterocycles. The largest absolute Gasteiger partial charge is 0.344 e. The molecule has 27 heavy (non-hydrogen) atoms. The molecule has 3 heteroatoms. The molecular formula is C24H25N2O+. The molecule has 1 heterocycles. The first kappa shape index (κ1) is 17.5. The van der Waals surface area contributed by atoms with Crippen molar-refractivity contribution in [2.75, 3.05) is 0 Å². The Balaban J connectivity index is 1.36. The molecule has 1 N–H and O–H groups in total. The van der Waals surface area contributed by atoms with Crippen molar-refractivity contribution in [3.8, 4) is 0 Å². The first-order valence-electron chi connectivity index (χ1n) is 9.67. The van der Waals surface area contributed by atoms with E-state index >= 15 is 0 Å². The summed E-state index contributed by atoms with van der Waals surface area (Å²) in [6.07, 6.45) is 8.15. The second-order valence-corrected chi connectivity index (χ2v) is 7.25. The van der Waals surface area contributed by atoms with Crippen LogP contribution in [0, 0.1) is 0 Å². The zero-order chi connectivity index (χ0) is 18.5. The summed E-state index contributed by atoms with van der Waals surface area (Å²) in [6, 6.07) is 23.2. The molecule has 0 saturated heterocycles. The lowest BCUT2D eigenvalue weighted by Gasteiger charge is -2.25. The number of carbonyl (C=O) groups is 1. The van der Waals surface area contributed by atoms with E-state index in [0.29, 0.717) is 6.54 Å². The Morgan fingerprint density at radius 3 is 2.44 bits per heavy atom. The topological polar surface area (TPSA) is 33.0 Å². The molecule has 0 radical (unpaired) electrons. The zero-order valence-electron chi connectivity index (χ0n) is 15.5. The number of hydrogen-bond donors (Lipinski definition) is 1. The average molecular weight is 357 g/mol. The summed E-state index contributed by atoms with van der Waals surface area (Å²) in [5.74, 6) is 0.0671. The fraction of sp³-hybridized carbons (Fsp3) is 0.250. The quantitative estimate of drug-likeness (QED) is 0.693. The standard InChI is InChI=1S/C24H24N2O/c27-24(25-23-12-6-10-21-9-4-5-11-22(21)23)18-26-15-13-20(14-16-26)17-19-7-2-1-3-8-19/h1-5,7-9,11,13-16,23H,6,10,12,17-18H2/p+1/t23-/m1/s1. The Hall–Kier alpha value is -2.94. The highest BCUT2D eigenvalue weighted by Crippen LogP contribution is 2.29. The minimum absolute atomic E-state index is 0.0671. The zero-order valence-corrected chi connectivity index (χ0v) is 15.5. The molecule has 0 bridgehead atoms. The van der Waals surface area contributed by atoms with Gasteiger partial charge < -0.3 is 5.32 Å². The molecule has 1 atom stereocenters. The van der Waals surface area contributed by atoms with Gasteiger partial charge in [-0.3, -0.25) is 4.79 Å². The highest BCUT2D eigenvalue weighted by Gasteiger charge is 2.22. The Kier molecular flexibility index (Phi) is 5.29. The summed E-state index contributed by atoms with van der Waals surface area (Å²) in [5.41, 5.74) is 5.19. The number of hydrogen-bond acceptors (Lipinski definition) is 1. The van der Waals surface area contributed by atoms with Crippen molar-refractivity contribution in [2.24, 2.45) is 0 Å². The van der Waals surface area contributed by atoms with Gasteiger partial charge in [-0.25, -0.2) is 0 Å². The molecule has 0 aliphatic heterocycles. The molecule has 3 nitrogen and oxygen atoms in total. The number of nitrogens with zero attached hydrogens (tertiary/aromatic N) is 1. The normalized spacial score (nSPS) is 15.8. The van der Waals surface area contributed by atoms with Gasteiger partial charge in [0.15, 0.2) is 12.4 Å². The van der Waals surface area contributed by atoms with Crippen molar-refractivity contribution in [2.45, 2.75) is 38.3 Å². The first-order chi connectivity index (χ1) is 13.3. The van der Waals surface area contributed by atoms with Crippen LogP contribution in [0.5, 0.6) is 0 Å². The van der Waals surface area contributed by atoms with Crippen molar-refractivity contribution < 1.29 is 9.36 Å². The SMILES string of the molecule is O=C(C[n+]1ccc(Cc2ccccc2)cc1)N[C@@H]1CCCc2ccccc21. The number of carbonyl (C=O) groups excluding carboxylic acids is 1. The van der Waals surface area contributed by atoms with Crippen LogP contribution >= 0.6 is 0 Å². The predicted molar refractivity (Wildman–Crippen MR) is 106 cm³/mol. The number of rotatable bonds is 5. The average Bonchev–Trinajstić information content (AvgIpc) is 2.71. The summed E-state index contributed by atoms with van der Waals surface area (Å²) < 4.78 is 1.94. The van der Waals surface area contributed by atoms with Gasteiger partial charge in [0.05, 0.1) is 6.04 Å². The molecule has 2 aromatic carbocycles. The predicted octanol–water partition coefficient (Wildman–Crippen LogP) is 3.76. The maximum Gasteiger partial charge on any atom is 0.286 e. The lowest BCUT2D eigenvalue weighted by Crippen LogP contribution is -2.43. The number of aryl methyl sites for hydroxylation is 1. The van der Waals surface area contributed by atoms with E-state index in [1.165, 1.54) is 22.3 Å². The maximum atomic E-state index is 12.5. The number of aromatic nitrogens is 1. The van der Waals surface area contributed by atoms with Crippen LogP contribution in [0.4, 0.5) is 0 Å². The van der Waals surface area contributed by atoms with Crippen molar-refractivity contribution in [3.05, 3.63) is 101 Å². The summed E-state index contributed by atoms with van der Waals surface area (Å²) in [7, 11) is 0. The smallest absolute Gasteiger partial charge is 0.286 e. The van der Waals surface area contributed by atoms with E-state index < -0.39 is 0 Å². The van der Waals surface area contributed by atoms with E-state index in [2.05, 4.69) is 66.0 Å². The summed E-state index contributed by atoms with van der Waals surface area (Å²) in [6.45, 7) is 0.351. The number of fused-ring (bicyclic) bond motifs is 1. The molecular weight excluding hydrogens is 332 g/mol. The van der Waals surface area contributed by atoms with Gasteiger partial charge in [-0.1, -0.05) is 54.6 Å². The number of benzene rings is 2. The summed E-state index contributed by atoms with van der Waals surface area (Å²) in [5, 5.41) is 3.22. The molecule has 1 aliphatic rings. The molecule has 3 aromatic rings. The van der Waals surface area contributed by atoms with Crippen LogP contribution in [0.2, 0.25) is 0 Å². The second kappa shape index (κ2) is 8.17. The van der Waals surface area contributed by atoms with E-state index in [9.17, 15) is 4.79 Å². The van der Waals surface area contributed by atoms with Gasteiger partial charge in [0.25, 0.3) is 5.91 Å². The molecule has 0 saturated carbocycles. The van der Waals surface area contributed by atoms with Crippen molar-refractivity contribution >= 4 is 5.91 Å². The van der Waals surface area contributed by atoms with E-state index in [1.54, 1.807) is 0 Å². The molecule has 4 rings (SSSR count). The Labute approximate surface area is 160 Å². The van der Waals surface area contributed by atoms with Crippen LogP contribution in [0.3, 0.4) is 0 Å². The van der Waals surface area contributed by atoms with Crippen LogP contribution in [0.15, 0.2) is 79.1 Å². The molecule has 0 fully saturated rings. The number of nitrogens with one attached hydrogen (secondary N) is 1. The van der Waals surface area contributed by atoms with Crippen LogP contribution in [0.25, 0.3) is 0 Å². The van der Waals surface area contributed by atoms with E-state index in [-0.39, 0.29) is 11.9 Å². The van der Waals surface area contributed by atoms with Crippen molar-refractivity contribution in [3.63, 3.8) is 0 Å².